The molecule has 0 bridgehead atoms. The number of rotatable bonds is 4. The maximum absolute atomic E-state index is 2.50. The molecule has 4 heteroatoms. The molecule has 0 N–H and O–H groups in total. The molecule has 0 amide bonds. The molecule has 0 aliphatic heterocycles. The third-order valence-corrected chi connectivity index (χ3v) is 13.4. The summed E-state index contributed by atoms with van der Waals surface area (Å²) in [5.74, 6) is 0. The third kappa shape index (κ3) is 4.32. The highest BCUT2D eigenvalue weighted by atomic mass is 32.1. The van der Waals surface area contributed by atoms with Crippen LogP contribution >= 0.6 is 22.7 Å². The van der Waals surface area contributed by atoms with Crippen LogP contribution in [0.4, 0.5) is 0 Å². The molecule has 0 aliphatic rings. The molecule has 0 spiro atoms. The lowest BCUT2D eigenvalue weighted by atomic mass is 9.93. The highest BCUT2D eigenvalue weighted by Crippen LogP contribution is 2.48. The monoisotopic (exact) mass is 722 g/mol. The average Bonchev–Trinajstić information content (AvgIpc) is 3.98. The number of hydrogen-bond acceptors (Lipinski definition) is 2. The molecule has 12 aromatic rings. The second-order valence-corrected chi connectivity index (χ2v) is 16.3. The molecule has 0 atom stereocenters. The minimum atomic E-state index is 1.14. The summed E-state index contributed by atoms with van der Waals surface area (Å²) in [7, 11) is 0. The fraction of sp³-hybridized carbons (Fsp3) is 0. The number of fused-ring (bicyclic) bond motifs is 11. The van der Waals surface area contributed by atoms with Crippen LogP contribution in [0, 0.1) is 0 Å². The highest BCUT2D eigenvalue weighted by molar-refractivity contribution is 7.26. The molecule has 2 nitrogen and oxygen atoms in total. The maximum atomic E-state index is 2.50. The van der Waals surface area contributed by atoms with Crippen LogP contribution in [0.3, 0.4) is 0 Å². The van der Waals surface area contributed by atoms with Crippen molar-refractivity contribution < 1.29 is 0 Å². The van der Waals surface area contributed by atoms with Crippen LogP contribution in [-0.2, 0) is 0 Å². The van der Waals surface area contributed by atoms with Gasteiger partial charge in [-0.25, -0.2) is 0 Å². The second-order valence-electron chi connectivity index (χ2n) is 14.1. The van der Waals surface area contributed by atoms with Gasteiger partial charge in [-0.05, 0) is 101 Å². The Kier molecular flexibility index (Phi) is 6.41. The number of aromatic nitrogens is 2. The molecule has 54 heavy (non-hydrogen) atoms. The van der Waals surface area contributed by atoms with Gasteiger partial charge in [0.2, 0.25) is 0 Å². The number of thiophene rings is 2. The first-order valence-electron chi connectivity index (χ1n) is 18.3. The van der Waals surface area contributed by atoms with E-state index < -0.39 is 0 Å². The van der Waals surface area contributed by atoms with Crippen LogP contribution in [-0.4, -0.2) is 9.13 Å². The van der Waals surface area contributed by atoms with Gasteiger partial charge in [0.05, 0.1) is 11.0 Å². The van der Waals surface area contributed by atoms with Crippen molar-refractivity contribution in [1.29, 1.82) is 0 Å². The van der Waals surface area contributed by atoms with E-state index in [1.807, 2.05) is 22.7 Å². The summed E-state index contributed by atoms with van der Waals surface area (Å²) in [6.07, 6.45) is 0. The third-order valence-electron chi connectivity index (χ3n) is 11.1. The Hall–Kier alpha value is -6.46. The topological polar surface area (TPSA) is 9.86 Å². The summed E-state index contributed by atoms with van der Waals surface area (Å²) in [6.45, 7) is 0. The number of benzene rings is 8. The minimum absolute atomic E-state index is 1.14. The van der Waals surface area contributed by atoms with Gasteiger partial charge in [-0.3, -0.25) is 9.13 Å². The molecule has 0 saturated heterocycles. The molecule has 0 fully saturated rings. The first-order valence-corrected chi connectivity index (χ1v) is 20.0. The van der Waals surface area contributed by atoms with Gasteiger partial charge in [0.25, 0.3) is 0 Å². The lowest BCUT2D eigenvalue weighted by Gasteiger charge is -2.15. The SMILES string of the molecule is c1ccc(-n2c3ccccc3c3c4c(-c5ccc6sc7ccccc7c6c5)cc(-c5ccc6sc7ccccc7c6c5)cc4n(-c4ccccc4)c32)cc1. The zero-order chi connectivity index (χ0) is 35.3. The maximum Gasteiger partial charge on any atom is 0.131 e. The molecular formula is C50H30N2S2. The van der Waals surface area contributed by atoms with Crippen LogP contribution in [0.15, 0.2) is 182 Å². The fourth-order valence-corrected chi connectivity index (χ4v) is 10.9. The zero-order valence-electron chi connectivity index (χ0n) is 29.0. The van der Waals surface area contributed by atoms with E-state index >= 15 is 0 Å². The molecule has 252 valence electrons. The highest BCUT2D eigenvalue weighted by Gasteiger charge is 2.25. The van der Waals surface area contributed by atoms with Crippen molar-refractivity contribution in [2.75, 3.05) is 0 Å². The van der Waals surface area contributed by atoms with Crippen LogP contribution in [0.25, 0.3) is 107 Å². The van der Waals surface area contributed by atoms with Crippen molar-refractivity contribution >= 4 is 95.9 Å². The Bertz CT molecular complexity index is 3430. The predicted molar refractivity (Wildman–Crippen MR) is 234 cm³/mol. The molecular weight excluding hydrogens is 693 g/mol. The van der Waals surface area contributed by atoms with E-state index in [9.17, 15) is 0 Å². The predicted octanol–water partition coefficient (Wildman–Crippen LogP) is 14.8. The van der Waals surface area contributed by atoms with Crippen LogP contribution < -0.4 is 0 Å². The zero-order valence-corrected chi connectivity index (χ0v) is 30.7. The molecule has 0 aliphatic carbocycles. The Morgan fingerprint density at radius 1 is 0.315 bits per heavy atom. The van der Waals surface area contributed by atoms with Crippen molar-refractivity contribution in [3.05, 3.63) is 182 Å². The summed E-state index contributed by atoms with van der Waals surface area (Å²) in [5.41, 5.74) is 10.7. The van der Waals surface area contributed by atoms with E-state index in [2.05, 4.69) is 191 Å². The van der Waals surface area contributed by atoms with Crippen LogP contribution in [0.5, 0.6) is 0 Å². The van der Waals surface area contributed by atoms with E-state index in [1.165, 1.54) is 95.4 Å². The fourth-order valence-electron chi connectivity index (χ4n) is 8.74. The Labute approximate surface area is 319 Å². The standard InChI is InChI=1S/C50H30N2S2/c1-3-13-34(14-4-1)51-42-20-10-7-19-38(42)49-48-39(32-24-26-47-41(28-32)37-18-9-12-22-45(37)54-47)29-33(30-43(48)52(50(49)51)35-15-5-2-6-16-35)31-23-25-46-40(27-31)36-17-8-11-21-44(36)53-46/h1-30H. The van der Waals surface area contributed by atoms with Gasteiger partial charge in [-0.1, -0.05) is 103 Å². The van der Waals surface area contributed by atoms with Crippen molar-refractivity contribution in [1.82, 2.24) is 9.13 Å². The number of nitrogens with zero attached hydrogens (tertiary/aromatic N) is 2. The van der Waals surface area contributed by atoms with Crippen LogP contribution in [0.1, 0.15) is 0 Å². The molecule has 0 radical (unpaired) electrons. The number of hydrogen-bond donors (Lipinski definition) is 0. The van der Waals surface area contributed by atoms with Gasteiger partial charge in [0, 0.05) is 67.9 Å². The quantitative estimate of drug-likeness (QED) is 0.171. The normalized spacial score (nSPS) is 12.1. The van der Waals surface area contributed by atoms with Gasteiger partial charge in [-0.2, -0.15) is 0 Å². The van der Waals surface area contributed by atoms with Gasteiger partial charge in [0.15, 0.2) is 0 Å². The number of para-hydroxylation sites is 3. The van der Waals surface area contributed by atoms with Gasteiger partial charge in [0.1, 0.15) is 5.65 Å². The summed E-state index contributed by atoms with van der Waals surface area (Å²) in [4.78, 5) is 0. The Balaban J connectivity index is 1.27. The van der Waals surface area contributed by atoms with E-state index in [-0.39, 0.29) is 0 Å². The first kappa shape index (κ1) is 30.0. The molecule has 0 unspecified atom stereocenters. The Morgan fingerprint density at radius 2 is 0.815 bits per heavy atom. The Morgan fingerprint density at radius 3 is 1.46 bits per heavy atom. The smallest absolute Gasteiger partial charge is 0.131 e. The second kappa shape index (κ2) is 11.5. The lowest BCUT2D eigenvalue weighted by Crippen LogP contribution is -2.01. The lowest BCUT2D eigenvalue weighted by molar-refractivity contribution is 1.07. The summed E-state index contributed by atoms with van der Waals surface area (Å²) in [5, 5.41) is 9.03. The van der Waals surface area contributed by atoms with E-state index in [0.717, 1.165) is 11.4 Å². The van der Waals surface area contributed by atoms with Crippen molar-refractivity contribution in [3.63, 3.8) is 0 Å². The molecule has 4 heterocycles. The van der Waals surface area contributed by atoms with Gasteiger partial charge in [-0.15, -0.1) is 22.7 Å². The minimum Gasteiger partial charge on any atom is -0.295 e. The van der Waals surface area contributed by atoms with Crippen molar-refractivity contribution in [2.24, 2.45) is 0 Å². The van der Waals surface area contributed by atoms with E-state index in [4.69, 9.17) is 0 Å². The van der Waals surface area contributed by atoms with Crippen LogP contribution in [0.2, 0.25) is 0 Å². The first-order chi connectivity index (χ1) is 26.8. The summed E-state index contributed by atoms with van der Waals surface area (Å²) >= 11 is 3.74. The van der Waals surface area contributed by atoms with Gasteiger partial charge < -0.3 is 0 Å². The average molecular weight is 723 g/mol. The van der Waals surface area contributed by atoms with Gasteiger partial charge >= 0.3 is 0 Å². The molecule has 12 rings (SSSR count). The molecule has 4 aromatic heterocycles. The molecule has 0 saturated carbocycles. The molecule has 8 aromatic carbocycles. The van der Waals surface area contributed by atoms with Crippen molar-refractivity contribution in [3.8, 4) is 33.6 Å². The largest absolute Gasteiger partial charge is 0.295 e. The van der Waals surface area contributed by atoms with E-state index in [1.54, 1.807) is 0 Å². The summed E-state index contributed by atoms with van der Waals surface area (Å²) < 4.78 is 10.2. The summed E-state index contributed by atoms with van der Waals surface area (Å²) in [6, 6.07) is 67.2. The van der Waals surface area contributed by atoms with E-state index in [0.29, 0.717) is 0 Å². The van der Waals surface area contributed by atoms with Crippen molar-refractivity contribution in [2.45, 2.75) is 0 Å².